The van der Waals surface area contributed by atoms with Gasteiger partial charge in [0.05, 0.1) is 1.37 Å². The first-order chi connectivity index (χ1) is 10.1. The Hall–Kier alpha value is -2.16. The first-order valence-electron chi connectivity index (χ1n) is 6.39. The van der Waals surface area contributed by atoms with E-state index in [2.05, 4.69) is 15.2 Å². The highest BCUT2D eigenvalue weighted by Crippen LogP contribution is 2.14. The average molecular weight is 276 g/mol. The van der Waals surface area contributed by atoms with Crippen molar-refractivity contribution in [3.8, 4) is 0 Å². The lowest BCUT2D eigenvalue weighted by Crippen LogP contribution is -2.34. The quantitative estimate of drug-likeness (QED) is 0.485. The summed E-state index contributed by atoms with van der Waals surface area (Å²) in [5.74, 6) is -2.14. The van der Waals surface area contributed by atoms with Gasteiger partial charge in [0.2, 0.25) is 5.60 Å². The topological polar surface area (TPSA) is 141 Å². The number of carboxylic acids is 1. The second-order valence-corrected chi connectivity index (χ2v) is 4.41. The highest BCUT2D eigenvalue weighted by atomic mass is 32.1. The third-order valence-electron chi connectivity index (χ3n) is 1.76. The van der Waals surface area contributed by atoms with Crippen LogP contribution in [0.3, 0.4) is 0 Å². The molecule has 0 aromatic carbocycles. The van der Waals surface area contributed by atoms with Gasteiger partial charge in [-0.05, 0) is 13.8 Å². The number of rotatable bonds is 6. The third-order valence-corrected chi connectivity index (χ3v) is 2.33. The summed E-state index contributed by atoms with van der Waals surface area (Å²) in [4.78, 5) is 31.3. The van der Waals surface area contributed by atoms with Crippen molar-refractivity contribution < 1.29 is 23.7 Å². The smallest absolute Gasteiger partial charge is 0.350 e. The molecule has 8 nitrogen and oxygen atoms in total. The van der Waals surface area contributed by atoms with Crippen molar-refractivity contribution in [1.82, 2.24) is 4.98 Å². The van der Waals surface area contributed by atoms with Crippen LogP contribution in [0.25, 0.3) is 1.43 Å². The number of aliphatic carboxylic acids is 1. The van der Waals surface area contributed by atoms with Crippen molar-refractivity contribution >= 4 is 34.1 Å². The van der Waals surface area contributed by atoms with E-state index in [4.69, 9.17) is 16.2 Å². The molecule has 18 heavy (non-hydrogen) atoms. The van der Waals surface area contributed by atoms with E-state index in [9.17, 15) is 9.59 Å². The summed E-state index contributed by atoms with van der Waals surface area (Å²) < 4.78 is 28.3. The predicted molar refractivity (Wildman–Crippen MR) is 65.1 cm³/mol. The van der Waals surface area contributed by atoms with E-state index in [0.29, 0.717) is 11.3 Å². The van der Waals surface area contributed by atoms with Gasteiger partial charge >= 0.3 is 5.97 Å². The summed E-state index contributed by atoms with van der Waals surface area (Å²) in [6.45, 7) is 2.49. The third kappa shape index (κ3) is 3.17. The summed E-state index contributed by atoms with van der Waals surface area (Å²) in [7, 11) is 0. The van der Waals surface area contributed by atoms with E-state index in [-0.39, 0.29) is 21.9 Å². The fourth-order valence-corrected chi connectivity index (χ4v) is 1.21. The number of carbonyl (C=O) groups excluding carboxylic acids is 1. The Morgan fingerprint density at radius 3 is 3.00 bits per heavy atom. The fraction of sp³-hybridized carbons (Fsp3) is 0.333. The maximum absolute atomic E-state index is 11.4. The number of hydrogen-bond acceptors (Lipinski definition) is 8. The number of anilines is 1. The number of amides is 1. The molecular formula is C9H12N4O4S. The van der Waals surface area contributed by atoms with Gasteiger partial charge in [0, 0.05) is 5.36 Å². The molecule has 0 atom stereocenters. The molecule has 1 rings (SSSR count). The van der Waals surface area contributed by atoms with Gasteiger partial charge in [-0.3, -0.25) is 4.79 Å². The number of nitrogens with two attached hydrogens (primary N) is 2. The molecule has 0 saturated carbocycles. The molecule has 98 valence electrons. The molecule has 0 bridgehead atoms. The van der Waals surface area contributed by atoms with Crippen LogP contribution in [0, 0.1) is 0 Å². The summed E-state index contributed by atoms with van der Waals surface area (Å²) >= 11 is 0.653. The van der Waals surface area contributed by atoms with Crippen LogP contribution in [-0.4, -0.2) is 33.3 Å². The second-order valence-electron chi connectivity index (χ2n) is 3.64. The molecule has 0 radical (unpaired) electrons. The molecule has 1 heterocycles. The number of carboxylic acid groups (broad SMARTS) is 1. The zero-order valence-corrected chi connectivity index (χ0v) is 10.3. The second kappa shape index (κ2) is 5.00. The van der Waals surface area contributed by atoms with Gasteiger partial charge in [0.25, 0.3) is 7.34 Å². The van der Waals surface area contributed by atoms with E-state index in [0.717, 1.165) is 0 Å². The Morgan fingerprint density at radius 1 is 1.78 bits per heavy atom. The van der Waals surface area contributed by atoms with Crippen molar-refractivity contribution in [2.75, 3.05) is 5.72 Å². The Bertz CT molecular complexity index is 619. The number of primary amides is 1. The normalized spacial score (nSPS) is 14.9. The first-order valence-corrected chi connectivity index (χ1v) is 5.41. The van der Waals surface area contributed by atoms with E-state index in [1.54, 1.807) is 0 Å². The predicted octanol–water partition coefficient (Wildman–Crippen LogP) is -0.206. The number of nitrogens with zero attached hydrogens (tertiary/aromatic N) is 2. The minimum absolute atomic E-state index is 0.160. The maximum Gasteiger partial charge on any atom is 0.350 e. The minimum Gasteiger partial charge on any atom is -0.478 e. The zero-order chi connectivity index (χ0) is 17.1. The first kappa shape index (κ1) is 8.86. The van der Waals surface area contributed by atoms with E-state index in [1.807, 2.05) is 0 Å². The van der Waals surface area contributed by atoms with Gasteiger partial charge in [-0.25, -0.2) is 9.78 Å². The average Bonchev–Trinajstić information content (AvgIpc) is 2.80. The number of nitrogen functional groups attached to an aromatic ring is 1. The molecule has 0 aliphatic rings. The Morgan fingerprint density at radius 2 is 2.50 bits per heavy atom. The monoisotopic (exact) mass is 276 g/mol. The van der Waals surface area contributed by atoms with Crippen molar-refractivity contribution in [2.24, 2.45) is 10.9 Å². The van der Waals surface area contributed by atoms with Gasteiger partial charge in [-0.1, -0.05) is 5.16 Å². The number of hydrogen-bond donors (Lipinski definition) is 3. The van der Waals surface area contributed by atoms with Crippen molar-refractivity contribution in [3.63, 3.8) is 0 Å². The van der Waals surface area contributed by atoms with E-state index >= 15 is 0 Å². The number of aromatic nitrogens is 1. The molecule has 0 aliphatic heterocycles. The van der Waals surface area contributed by atoms with Gasteiger partial charge in [-0.15, -0.1) is 11.3 Å². The largest absolute Gasteiger partial charge is 0.478 e. The molecule has 0 saturated heterocycles. The minimum atomic E-state index is -1.67. The van der Waals surface area contributed by atoms with Crippen LogP contribution in [-0.2, 0) is 14.4 Å². The van der Waals surface area contributed by atoms with E-state index in [1.165, 1.54) is 13.8 Å². The molecule has 0 aliphatic carbocycles. The SMILES string of the molecule is [2H]OC(=O)C(C)(C)ON=C(C(N)=O)c1nc(N([2H])[2H])sc1[2H]. The van der Waals surface area contributed by atoms with Crippen molar-refractivity contribution in [2.45, 2.75) is 19.4 Å². The van der Waals surface area contributed by atoms with Crippen LogP contribution in [0.1, 0.15) is 20.9 Å². The highest BCUT2D eigenvalue weighted by molar-refractivity contribution is 7.13. The lowest BCUT2D eigenvalue weighted by Gasteiger charge is -2.16. The molecule has 9 heteroatoms. The van der Waals surface area contributed by atoms with E-state index < -0.39 is 23.2 Å². The van der Waals surface area contributed by atoms with Crippen LogP contribution in [0.4, 0.5) is 5.13 Å². The zero-order valence-electron chi connectivity index (χ0n) is 13.5. The van der Waals surface area contributed by atoms with Gasteiger partial charge in [0.1, 0.15) is 5.69 Å². The van der Waals surface area contributed by atoms with Gasteiger partial charge < -0.3 is 21.4 Å². The highest BCUT2D eigenvalue weighted by Gasteiger charge is 2.30. The number of thiazole rings is 1. The van der Waals surface area contributed by atoms with Crippen LogP contribution in [0.5, 0.6) is 0 Å². The van der Waals surface area contributed by atoms with Crippen molar-refractivity contribution in [1.29, 1.82) is 1.43 Å². The summed E-state index contributed by atoms with van der Waals surface area (Å²) in [6, 6.07) is 0. The van der Waals surface area contributed by atoms with Crippen LogP contribution in [0.2, 0.25) is 2.82 Å². The fourth-order valence-electron chi connectivity index (χ4n) is 0.738. The lowest BCUT2D eigenvalue weighted by molar-refractivity contribution is -0.161. The molecule has 0 unspecified atom stereocenters. The van der Waals surface area contributed by atoms with Crippen LogP contribution >= 0.6 is 11.3 Å². The summed E-state index contributed by atoms with van der Waals surface area (Å²) in [5.41, 5.74) is 2.78. The number of carbonyl (C=O) groups is 2. The maximum atomic E-state index is 11.4. The molecule has 1 aromatic rings. The Balaban J connectivity index is 3.17. The molecule has 0 fully saturated rings. The summed E-state index contributed by atoms with van der Waals surface area (Å²) in [6.07, 6.45) is 0. The van der Waals surface area contributed by atoms with Crippen molar-refractivity contribution in [3.05, 3.63) is 11.1 Å². The molecule has 5 N–H and O–H groups in total. The molecular weight excluding hydrogens is 260 g/mol. The lowest BCUT2D eigenvalue weighted by atomic mass is 10.1. The molecule has 1 aromatic heterocycles. The Labute approximate surface area is 112 Å². The Kier molecular flexibility index (Phi) is 2.46. The standard InChI is InChI=1S/C9H12N4O4S/c1-9(2,7(15)16)17-13-5(6(10)14)4-3-18-8(11)12-4/h3H,1-2H3,(H2,10,14)(H2,11,12)(H,15,16)/i3D/hD3. The van der Waals surface area contributed by atoms with Crippen LogP contribution < -0.4 is 11.5 Å². The summed E-state index contributed by atoms with van der Waals surface area (Å²) in [5, 5.41) is 6.73. The van der Waals surface area contributed by atoms with Gasteiger partial charge in [-0.2, -0.15) is 0 Å². The molecule has 0 spiro atoms. The van der Waals surface area contributed by atoms with Crippen LogP contribution in [0.15, 0.2) is 10.5 Å². The number of oxime groups is 1. The van der Waals surface area contributed by atoms with Gasteiger partial charge in [0.15, 0.2) is 13.7 Å². The molecule has 1 amide bonds.